The van der Waals surface area contributed by atoms with Crippen LogP contribution in [0.4, 0.5) is 0 Å². The zero-order valence-electron chi connectivity index (χ0n) is 18.9. The number of aliphatic hydroxyl groups excluding tert-OH is 1. The highest BCUT2D eigenvalue weighted by Crippen LogP contribution is 2.39. The lowest BCUT2D eigenvalue weighted by atomic mass is 9.99. The van der Waals surface area contributed by atoms with Crippen LogP contribution >= 0.6 is 0 Å². The monoisotopic (exact) mass is 467 g/mol. The molecule has 0 bridgehead atoms. The first kappa shape index (κ1) is 23.2. The molecule has 0 radical (unpaired) electrons. The fraction of sp³-hybridized carbons (Fsp3) is 0.320. The van der Waals surface area contributed by atoms with E-state index in [0.717, 1.165) is 57.3 Å². The number of nitrogens with one attached hydrogen (secondary N) is 2. The van der Waals surface area contributed by atoms with Crippen LogP contribution in [-0.2, 0) is 9.84 Å². The molecule has 2 aromatic carbocycles. The van der Waals surface area contributed by atoms with Crippen LogP contribution in [0.2, 0.25) is 0 Å². The predicted octanol–water partition coefficient (Wildman–Crippen LogP) is 3.84. The van der Waals surface area contributed by atoms with Crippen molar-refractivity contribution >= 4 is 31.8 Å². The second kappa shape index (κ2) is 9.91. The largest absolute Gasteiger partial charge is 0.491 e. The Bertz CT molecular complexity index is 1380. The van der Waals surface area contributed by atoms with Gasteiger partial charge in [-0.15, -0.1) is 0 Å². The van der Waals surface area contributed by atoms with Crippen LogP contribution in [0.1, 0.15) is 18.9 Å². The van der Waals surface area contributed by atoms with Gasteiger partial charge < -0.3 is 20.1 Å². The highest BCUT2D eigenvalue weighted by atomic mass is 32.2. The number of sulfone groups is 1. The van der Waals surface area contributed by atoms with Gasteiger partial charge in [-0.2, -0.15) is 0 Å². The predicted molar refractivity (Wildman–Crippen MR) is 132 cm³/mol. The molecule has 0 saturated carbocycles. The third-order valence-electron chi connectivity index (χ3n) is 5.63. The van der Waals surface area contributed by atoms with Gasteiger partial charge in [0, 0.05) is 23.5 Å². The van der Waals surface area contributed by atoms with Crippen LogP contribution in [0.3, 0.4) is 0 Å². The number of ether oxygens (including phenoxy) is 1. The summed E-state index contributed by atoms with van der Waals surface area (Å²) < 4.78 is 31.0. The average molecular weight is 468 g/mol. The van der Waals surface area contributed by atoms with Crippen molar-refractivity contribution in [2.75, 3.05) is 32.1 Å². The van der Waals surface area contributed by atoms with E-state index in [2.05, 4.69) is 21.4 Å². The van der Waals surface area contributed by atoms with Gasteiger partial charge in [-0.3, -0.25) is 0 Å². The standard InChI is InChI=1S/C25H29N3O4S/c1-3-33(30,31)19-7-4-6-18(15-19)20-8-9-22(32-13-5-10-26-11-12-29)24-23(20)21-14-17(2)16-27-25(21)28-24/h4,6-9,14-16,26,29H,3,5,10-13H2,1-2H3,(H,27,28). The third kappa shape index (κ3) is 4.88. The summed E-state index contributed by atoms with van der Waals surface area (Å²) in [6, 6.07) is 13.1. The Morgan fingerprint density at radius 1 is 1.15 bits per heavy atom. The molecule has 0 aliphatic heterocycles. The van der Waals surface area contributed by atoms with E-state index < -0.39 is 9.84 Å². The van der Waals surface area contributed by atoms with Gasteiger partial charge in [0.15, 0.2) is 9.84 Å². The molecule has 0 fully saturated rings. The van der Waals surface area contributed by atoms with Crippen LogP contribution in [0.15, 0.2) is 53.6 Å². The number of fused-ring (bicyclic) bond motifs is 3. The van der Waals surface area contributed by atoms with Gasteiger partial charge in [0.05, 0.1) is 29.4 Å². The van der Waals surface area contributed by atoms with E-state index in [1.54, 1.807) is 25.1 Å². The number of benzene rings is 2. The third-order valence-corrected chi connectivity index (χ3v) is 7.36. The molecule has 4 rings (SSSR count). The molecule has 0 aliphatic rings. The summed E-state index contributed by atoms with van der Waals surface area (Å²) in [7, 11) is -3.31. The first-order chi connectivity index (χ1) is 15.9. The smallest absolute Gasteiger partial charge is 0.178 e. The maximum atomic E-state index is 12.5. The first-order valence-corrected chi connectivity index (χ1v) is 12.8. The van der Waals surface area contributed by atoms with E-state index in [1.807, 2.05) is 31.3 Å². The molecule has 2 aromatic heterocycles. The van der Waals surface area contributed by atoms with Crippen molar-refractivity contribution in [3.05, 3.63) is 54.2 Å². The quantitative estimate of drug-likeness (QED) is 0.306. The minimum atomic E-state index is -3.31. The number of H-pyrrole nitrogens is 1. The van der Waals surface area contributed by atoms with E-state index in [0.29, 0.717) is 18.0 Å². The molecule has 174 valence electrons. The summed E-state index contributed by atoms with van der Waals surface area (Å²) in [6.45, 7) is 5.62. The molecule has 7 nitrogen and oxygen atoms in total. The zero-order chi connectivity index (χ0) is 23.4. The number of aromatic nitrogens is 2. The molecule has 4 aromatic rings. The van der Waals surface area contributed by atoms with Crippen molar-refractivity contribution in [3.63, 3.8) is 0 Å². The second-order valence-electron chi connectivity index (χ2n) is 8.00. The van der Waals surface area contributed by atoms with Gasteiger partial charge in [-0.05, 0) is 66.9 Å². The SMILES string of the molecule is CCS(=O)(=O)c1cccc(-c2ccc(OCCCNCCO)c3[nH]c4ncc(C)cc4c23)c1. The molecule has 8 heteroatoms. The topological polar surface area (TPSA) is 104 Å². The number of aromatic amines is 1. The molecule has 0 unspecified atom stereocenters. The second-order valence-corrected chi connectivity index (χ2v) is 10.3. The number of nitrogens with zero attached hydrogens (tertiary/aromatic N) is 1. The number of rotatable bonds is 10. The summed E-state index contributed by atoms with van der Waals surface area (Å²) in [5.41, 5.74) is 4.39. The minimum Gasteiger partial charge on any atom is -0.491 e. The molecular weight excluding hydrogens is 438 g/mol. The Morgan fingerprint density at radius 2 is 2.00 bits per heavy atom. The van der Waals surface area contributed by atoms with Crippen molar-refractivity contribution in [3.8, 4) is 16.9 Å². The molecule has 0 saturated heterocycles. The van der Waals surface area contributed by atoms with Crippen molar-refractivity contribution in [2.24, 2.45) is 0 Å². The van der Waals surface area contributed by atoms with Crippen molar-refractivity contribution in [1.82, 2.24) is 15.3 Å². The van der Waals surface area contributed by atoms with Crippen molar-refractivity contribution in [1.29, 1.82) is 0 Å². The van der Waals surface area contributed by atoms with E-state index in [9.17, 15) is 8.42 Å². The molecule has 3 N–H and O–H groups in total. The van der Waals surface area contributed by atoms with E-state index in [1.165, 1.54) is 0 Å². The summed E-state index contributed by atoms with van der Waals surface area (Å²) in [4.78, 5) is 8.27. The Labute approximate surface area is 193 Å². The highest BCUT2D eigenvalue weighted by molar-refractivity contribution is 7.91. The summed E-state index contributed by atoms with van der Waals surface area (Å²) in [5.74, 6) is 0.783. The molecule has 0 spiro atoms. The van der Waals surface area contributed by atoms with Crippen LogP contribution in [0.25, 0.3) is 33.1 Å². The molecular formula is C25H29N3O4S. The number of aryl methyl sites for hydroxylation is 1. The lowest BCUT2D eigenvalue weighted by Gasteiger charge is -2.12. The van der Waals surface area contributed by atoms with Crippen LogP contribution in [-0.4, -0.2) is 55.5 Å². The number of hydrogen-bond acceptors (Lipinski definition) is 6. The van der Waals surface area contributed by atoms with Crippen molar-refractivity contribution < 1.29 is 18.3 Å². The zero-order valence-corrected chi connectivity index (χ0v) is 19.7. The molecule has 0 amide bonds. The normalized spacial score (nSPS) is 12.0. The maximum Gasteiger partial charge on any atom is 0.178 e. The van der Waals surface area contributed by atoms with E-state index in [4.69, 9.17) is 9.84 Å². The first-order valence-electron chi connectivity index (χ1n) is 11.1. The molecule has 0 aliphatic carbocycles. The molecule has 0 atom stereocenters. The van der Waals surface area contributed by atoms with Crippen LogP contribution in [0.5, 0.6) is 5.75 Å². The summed E-state index contributed by atoms with van der Waals surface area (Å²) in [6.07, 6.45) is 2.62. The van der Waals surface area contributed by atoms with Gasteiger partial charge in [0.25, 0.3) is 0 Å². The summed E-state index contributed by atoms with van der Waals surface area (Å²) >= 11 is 0. The number of hydrogen-bond donors (Lipinski definition) is 3. The van der Waals surface area contributed by atoms with Gasteiger partial charge >= 0.3 is 0 Å². The minimum absolute atomic E-state index is 0.0575. The Kier molecular flexibility index (Phi) is 6.97. The lowest BCUT2D eigenvalue weighted by molar-refractivity contribution is 0.282. The Hall–Kier alpha value is -2.94. The van der Waals surface area contributed by atoms with Crippen LogP contribution < -0.4 is 10.1 Å². The molecule has 33 heavy (non-hydrogen) atoms. The van der Waals surface area contributed by atoms with Crippen molar-refractivity contribution in [2.45, 2.75) is 25.2 Å². The average Bonchev–Trinajstić information content (AvgIpc) is 3.20. The van der Waals surface area contributed by atoms with Gasteiger partial charge in [0.2, 0.25) is 0 Å². The number of aliphatic hydroxyl groups is 1. The van der Waals surface area contributed by atoms with E-state index in [-0.39, 0.29) is 12.4 Å². The van der Waals surface area contributed by atoms with Gasteiger partial charge in [-0.1, -0.05) is 19.1 Å². The van der Waals surface area contributed by atoms with E-state index >= 15 is 0 Å². The Balaban J connectivity index is 1.79. The fourth-order valence-corrected chi connectivity index (χ4v) is 4.86. The van der Waals surface area contributed by atoms with Crippen LogP contribution in [0, 0.1) is 6.92 Å². The van der Waals surface area contributed by atoms with Gasteiger partial charge in [-0.25, -0.2) is 13.4 Å². The highest BCUT2D eigenvalue weighted by Gasteiger charge is 2.18. The number of pyridine rings is 1. The van der Waals surface area contributed by atoms with Gasteiger partial charge in [0.1, 0.15) is 11.4 Å². The Morgan fingerprint density at radius 3 is 2.79 bits per heavy atom. The lowest BCUT2D eigenvalue weighted by Crippen LogP contribution is -2.20. The maximum absolute atomic E-state index is 12.5. The fourth-order valence-electron chi connectivity index (χ4n) is 3.93. The summed E-state index contributed by atoms with van der Waals surface area (Å²) in [5, 5.41) is 13.9. The molecule has 2 heterocycles.